The molecule has 24 heavy (non-hydrogen) atoms. The predicted molar refractivity (Wildman–Crippen MR) is 95.4 cm³/mol. The first-order chi connectivity index (χ1) is 11.4. The van der Waals surface area contributed by atoms with Crippen molar-refractivity contribution in [2.75, 3.05) is 7.11 Å². The van der Waals surface area contributed by atoms with Crippen molar-refractivity contribution in [3.05, 3.63) is 51.3 Å². The number of carbonyl (C=O) groups is 1. The molecule has 0 radical (unpaired) electrons. The lowest BCUT2D eigenvalue weighted by molar-refractivity contribution is 0.0600. The number of hydrogen-bond donors (Lipinski definition) is 1. The van der Waals surface area contributed by atoms with Crippen LogP contribution in [0.3, 0.4) is 0 Å². The lowest BCUT2D eigenvalue weighted by Crippen LogP contribution is -2.13. The molecular weight excluding hydrogens is 326 g/mol. The van der Waals surface area contributed by atoms with Gasteiger partial charge in [-0.15, -0.1) is 0 Å². The Bertz CT molecular complexity index is 862. The number of aromatic amines is 1. The van der Waals surface area contributed by atoms with Crippen LogP contribution < -0.4 is 5.56 Å². The van der Waals surface area contributed by atoms with Gasteiger partial charge in [0.25, 0.3) is 5.56 Å². The molecule has 3 rings (SSSR count). The zero-order chi connectivity index (χ0) is 17.4. The summed E-state index contributed by atoms with van der Waals surface area (Å²) in [6.07, 6.45) is 0. The minimum Gasteiger partial charge on any atom is -0.465 e. The van der Waals surface area contributed by atoms with Gasteiger partial charge < -0.3 is 4.74 Å². The normalized spacial score (nSPS) is 16.7. The molecule has 7 heteroatoms. The summed E-state index contributed by atoms with van der Waals surface area (Å²) < 4.78 is 6.52. The first-order valence-electron chi connectivity index (χ1n) is 7.67. The van der Waals surface area contributed by atoms with Crippen molar-refractivity contribution in [1.82, 2.24) is 9.78 Å². The number of ether oxygens (including phenoxy) is 1. The van der Waals surface area contributed by atoms with Crippen LogP contribution in [0.4, 0.5) is 5.82 Å². The number of esters is 1. The second-order valence-electron chi connectivity index (χ2n) is 5.88. The number of hydrogen-bond acceptors (Lipinski definition) is 5. The van der Waals surface area contributed by atoms with Crippen LogP contribution in [0.25, 0.3) is 0 Å². The number of carbonyl (C=O) groups excluding carboxylic acids is 1. The number of rotatable bonds is 3. The molecule has 1 aliphatic rings. The smallest absolute Gasteiger partial charge is 0.337 e. The fourth-order valence-electron chi connectivity index (χ4n) is 2.73. The second kappa shape index (κ2) is 6.32. The number of aromatic nitrogens is 2. The highest BCUT2D eigenvalue weighted by Gasteiger charge is 2.30. The van der Waals surface area contributed by atoms with Crippen LogP contribution in [0.2, 0.25) is 0 Å². The number of nitrogens with one attached hydrogen (secondary N) is 1. The van der Waals surface area contributed by atoms with Gasteiger partial charge in [0.15, 0.2) is 5.82 Å². The van der Waals surface area contributed by atoms with E-state index in [9.17, 15) is 9.59 Å². The zero-order valence-corrected chi connectivity index (χ0v) is 14.8. The van der Waals surface area contributed by atoms with Gasteiger partial charge in [-0.05, 0) is 38.5 Å². The van der Waals surface area contributed by atoms with E-state index < -0.39 is 0 Å². The second-order valence-corrected chi connectivity index (χ2v) is 7.18. The Balaban J connectivity index is 2.07. The van der Waals surface area contributed by atoms with Gasteiger partial charge in [-0.2, -0.15) is 0 Å². The van der Waals surface area contributed by atoms with Crippen molar-refractivity contribution < 1.29 is 9.53 Å². The van der Waals surface area contributed by atoms with Gasteiger partial charge in [-0.3, -0.25) is 14.6 Å². The monoisotopic (exact) mass is 345 g/mol. The predicted octanol–water partition coefficient (Wildman–Crippen LogP) is 3.43. The third-order valence-corrected chi connectivity index (χ3v) is 5.08. The number of thioether (sulfide) groups is 1. The van der Waals surface area contributed by atoms with Crippen LogP contribution in [0, 0.1) is 0 Å². The highest BCUT2D eigenvalue weighted by molar-refractivity contribution is 8.14. The van der Waals surface area contributed by atoms with E-state index in [4.69, 9.17) is 4.74 Å². The molecule has 1 aromatic carbocycles. The van der Waals surface area contributed by atoms with Crippen molar-refractivity contribution in [3.63, 3.8) is 0 Å². The van der Waals surface area contributed by atoms with E-state index in [0.717, 1.165) is 10.6 Å². The van der Waals surface area contributed by atoms with E-state index in [1.165, 1.54) is 7.11 Å². The molecule has 126 valence electrons. The summed E-state index contributed by atoms with van der Waals surface area (Å²) in [4.78, 5) is 28.6. The number of methoxy groups -OCH3 is 1. The number of H-pyrrole nitrogens is 1. The third kappa shape index (κ3) is 2.80. The SMILES string of the molecule is COC(=O)c1ccc(C2SC(C)=Nc3c2c(=O)[nH]n3C(C)C)cc1. The average Bonchev–Trinajstić information content (AvgIpc) is 2.90. The molecule has 0 bridgehead atoms. The molecule has 2 aromatic rings. The number of benzene rings is 1. The summed E-state index contributed by atoms with van der Waals surface area (Å²) in [5.41, 5.74) is 1.98. The van der Waals surface area contributed by atoms with Gasteiger partial charge in [0.2, 0.25) is 0 Å². The summed E-state index contributed by atoms with van der Waals surface area (Å²) in [7, 11) is 1.35. The van der Waals surface area contributed by atoms with Crippen LogP contribution in [0.1, 0.15) is 53.5 Å². The standard InChI is InChI=1S/C17H19N3O3S/c1-9(2)20-15-13(16(21)19-20)14(24-10(3)18-15)11-5-7-12(8-6-11)17(22)23-4/h5-9,14H,1-4H3,(H,19,21). The van der Waals surface area contributed by atoms with E-state index in [0.29, 0.717) is 16.9 Å². The van der Waals surface area contributed by atoms with Crippen LogP contribution >= 0.6 is 11.8 Å². The fraction of sp³-hybridized carbons (Fsp3) is 0.353. The van der Waals surface area contributed by atoms with E-state index >= 15 is 0 Å². The van der Waals surface area contributed by atoms with Gasteiger partial charge in [-0.1, -0.05) is 23.9 Å². The van der Waals surface area contributed by atoms with E-state index in [1.807, 2.05) is 32.9 Å². The first kappa shape index (κ1) is 16.6. The Morgan fingerprint density at radius 1 is 1.33 bits per heavy atom. The van der Waals surface area contributed by atoms with Crippen molar-refractivity contribution in [3.8, 4) is 0 Å². The maximum absolute atomic E-state index is 12.5. The van der Waals surface area contributed by atoms with Gasteiger partial charge in [-0.25, -0.2) is 9.79 Å². The molecule has 1 atom stereocenters. The lowest BCUT2D eigenvalue weighted by atomic mass is 10.0. The fourth-order valence-corrected chi connectivity index (χ4v) is 3.83. The molecule has 6 nitrogen and oxygen atoms in total. The summed E-state index contributed by atoms with van der Waals surface area (Å²) in [5.74, 6) is 0.313. The maximum atomic E-state index is 12.5. The van der Waals surface area contributed by atoms with Gasteiger partial charge in [0.05, 0.1) is 28.5 Å². The van der Waals surface area contributed by atoms with Crippen LogP contribution in [-0.4, -0.2) is 27.9 Å². The van der Waals surface area contributed by atoms with E-state index in [-0.39, 0.29) is 22.8 Å². The summed E-state index contributed by atoms with van der Waals surface area (Å²) in [5, 5.41) is 3.64. The summed E-state index contributed by atoms with van der Waals surface area (Å²) in [6.45, 7) is 5.94. The van der Waals surface area contributed by atoms with Crippen LogP contribution in [0.15, 0.2) is 34.1 Å². The lowest BCUT2D eigenvalue weighted by Gasteiger charge is -2.21. The van der Waals surface area contributed by atoms with E-state index in [1.54, 1.807) is 28.6 Å². The molecule has 0 aliphatic carbocycles. The van der Waals surface area contributed by atoms with E-state index in [2.05, 4.69) is 10.1 Å². The quantitative estimate of drug-likeness (QED) is 0.865. The Hall–Kier alpha value is -2.28. The number of fused-ring (bicyclic) bond motifs is 1. The van der Waals surface area contributed by atoms with Crippen molar-refractivity contribution in [1.29, 1.82) is 0 Å². The minimum absolute atomic E-state index is 0.114. The molecule has 0 amide bonds. The Kier molecular flexibility index (Phi) is 4.36. The molecule has 1 aromatic heterocycles. The van der Waals surface area contributed by atoms with Crippen LogP contribution in [-0.2, 0) is 4.74 Å². The van der Waals surface area contributed by atoms with Crippen LogP contribution in [0.5, 0.6) is 0 Å². The molecular formula is C17H19N3O3S. The summed E-state index contributed by atoms with van der Waals surface area (Å²) in [6, 6.07) is 7.27. The molecule has 0 fully saturated rings. The first-order valence-corrected chi connectivity index (χ1v) is 8.55. The molecule has 0 saturated heterocycles. The van der Waals surface area contributed by atoms with Gasteiger partial charge in [0.1, 0.15) is 0 Å². The molecule has 1 aliphatic heterocycles. The molecule has 2 heterocycles. The van der Waals surface area contributed by atoms with Crippen molar-refractivity contribution in [2.45, 2.75) is 32.1 Å². The molecule has 1 N–H and O–H groups in total. The van der Waals surface area contributed by atoms with Gasteiger partial charge in [0, 0.05) is 6.04 Å². The Labute approximate surface area is 143 Å². The Morgan fingerprint density at radius 3 is 2.58 bits per heavy atom. The maximum Gasteiger partial charge on any atom is 0.337 e. The average molecular weight is 345 g/mol. The topological polar surface area (TPSA) is 76.4 Å². The van der Waals surface area contributed by atoms with Crippen molar-refractivity contribution >= 4 is 28.6 Å². The van der Waals surface area contributed by atoms with Crippen molar-refractivity contribution in [2.24, 2.45) is 4.99 Å². The molecule has 0 saturated carbocycles. The highest BCUT2D eigenvalue weighted by Crippen LogP contribution is 2.43. The molecule has 0 spiro atoms. The van der Waals surface area contributed by atoms with Gasteiger partial charge >= 0.3 is 5.97 Å². The number of aliphatic imine (C=N–C) groups is 1. The number of nitrogens with zero attached hydrogens (tertiary/aromatic N) is 2. The summed E-state index contributed by atoms with van der Waals surface area (Å²) >= 11 is 1.54. The third-order valence-electron chi connectivity index (χ3n) is 3.90. The Morgan fingerprint density at radius 2 is 2.00 bits per heavy atom. The zero-order valence-electron chi connectivity index (χ0n) is 14.0. The highest BCUT2D eigenvalue weighted by atomic mass is 32.2. The molecule has 1 unspecified atom stereocenters. The largest absolute Gasteiger partial charge is 0.465 e. The minimum atomic E-state index is -0.375.